The topological polar surface area (TPSA) is 67.6 Å². The van der Waals surface area contributed by atoms with Crippen LogP contribution in [0.3, 0.4) is 0 Å². The standard InChI is InChI=1S/C20H30FN3O2.2ClH/c1-4-26-17-11-20(22,19(17,2)3)18(25)23-12-14-9-10-24(13-14)16-7-5-15(21)6-8-16;;/h5-8,14,17H,4,9-13,22H2,1-3H3,(H,23,25);2*1H. The van der Waals surface area contributed by atoms with Gasteiger partial charge >= 0.3 is 0 Å². The number of benzene rings is 1. The van der Waals surface area contributed by atoms with Crippen molar-refractivity contribution in [2.24, 2.45) is 17.1 Å². The summed E-state index contributed by atoms with van der Waals surface area (Å²) in [6.45, 7) is 8.98. The van der Waals surface area contributed by atoms with Crippen LogP contribution < -0.4 is 16.0 Å². The summed E-state index contributed by atoms with van der Waals surface area (Å²) in [6, 6.07) is 6.57. The third kappa shape index (κ3) is 4.56. The minimum Gasteiger partial charge on any atom is -0.378 e. The molecular formula is C20H32Cl2FN3O2. The van der Waals surface area contributed by atoms with E-state index in [9.17, 15) is 9.18 Å². The van der Waals surface area contributed by atoms with Crippen molar-refractivity contribution in [3.8, 4) is 0 Å². The number of hydrogen-bond donors (Lipinski definition) is 2. The minimum absolute atomic E-state index is 0. The van der Waals surface area contributed by atoms with Gasteiger partial charge < -0.3 is 20.7 Å². The van der Waals surface area contributed by atoms with Crippen LogP contribution in [0.15, 0.2) is 24.3 Å². The second-order valence-corrected chi connectivity index (χ2v) is 8.13. The van der Waals surface area contributed by atoms with Gasteiger partial charge in [0.25, 0.3) is 0 Å². The largest absolute Gasteiger partial charge is 0.378 e. The molecule has 28 heavy (non-hydrogen) atoms. The van der Waals surface area contributed by atoms with E-state index in [2.05, 4.69) is 10.2 Å². The molecule has 1 aromatic carbocycles. The highest BCUT2D eigenvalue weighted by molar-refractivity contribution is 5.88. The molecule has 1 amide bonds. The Morgan fingerprint density at radius 1 is 1.32 bits per heavy atom. The maximum absolute atomic E-state index is 13.1. The van der Waals surface area contributed by atoms with Crippen molar-refractivity contribution in [2.75, 3.05) is 31.1 Å². The molecule has 3 unspecified atom stereocenters. The lowest BCUT2D eigenvalue weighted by molar-refractivity contribution is -0.170. The molecule has 3 N–H and O–H groups in total. The van der Waals surface area contributed by atoms with Gasteiger partial charge in [-0.1, -0.05) is 13.8 Å². The number of amides is 1. The molecule has 1 saturated carbocycles. The number of ether oxygens (including phenoxy) is 1. The quantitative estimate of drug-likeness (QED) is 0.719. The summed E-state index contributed by atoms with van der Waals surface area (Å²) < 4.78 is 18.8. The third-order valence-electron chi connectivity index (χ3n) is 6.26. The van der Waals surface area contributed by atoms with Crippen LogP contribution in [0.5, 0.6) is 0 Å². The van der Waals surface area contributed by atoms with Crippen LogP contribution in [-0.4, -0.2) is 43.8 Å². The van der Waals surface area contributed by atoms with E-state index in [1.165, 1.54) is 12.1 Å². The van der Waals surface area contributed by atoms with Crippen molar-refractivity contribution in [1.82, 2.24) is 5.32 Å². The van der Waals surface area contributed by atoms with Crippen LogP contribution >= 0.6 is 24.8 Å². The molecule has 2 fully saturated rings. The van der Waals surface area contributed by atoms with E-state index in [-0.39, 0.29) is 48.1 Å². The maximum atomic E-state index is 13.1. The molecule has 0 aromatic heterocycles. The number of carbonyl (C=O) groups excluding carboxylic acids is 1. The molecule has 3 rings (SSSR count). The first-order chi connectivity index (χ1) is 12.3. The molecule has 0 bridgehead atoms. The Morgan fingerprint density at radius 2 is 1.96 bits per heavy atom. The summed E-state index contributed by atoms with van der Waals surface area (Å²) in [6.07, 6.45) is 1.59. The van der Waals surface area contributed by atoms with Gasteiger partial charge in [0.1, 0.15) is 11.4 Å². The average molecular weight is 436 g/mol. The highest BCUT2D eigenvalue weighted by atomic mass is 35.5. The Labute approximate surface area is 179 Å². The molecule has 5 nitrogen and oxygen atoms in total. The third-order valence-corrected chi connectivity index (χ3v) is 6.26. The minimum atomic E-state index is -0.873. The number of hydrogen-bond acceptors (Lipinski definition) is 4. The summed E-state index contributed by atoms with van der Waals surface area (Å²) in [5, 5.41) is 3.06. The fourth-order valence-electron chi connectivity index (χ4n) is 4.10. The maximum Gasteiger partial charge on any atom is 0.240 e. The summed E-state index contributed by atoms with van der Waals surface area (Å²) in [5.74, 6) is 0.0654. The molecule has 1 saturated heterocycles. The van der Waals surface area contributed by atoms with Crippen molar-refractivity contribution in [1.29, 1.82) is 0 Å². The molecule has 2 aliphatic rings. The van der Waals surface area contributed by atoms with Crippen molar-refractivity contribution in [3.05, 3.63) is 30.1 Å². The van der Waals surface area contributed by atoms with Crippen LogP contribution in [0.25, 0.3) is 0 Å². The highest BCUT2D eigenvalue weighted by Gasteiger charge is 2.62. The lowest BCUT2D eigenvalue weighted by atomic mass is 9.54. The number of rotatable bonds is 6. The molecule has 0 spiro atoms. The lowest BCUT2D eigenvalue weighted by Gasteiger charge is -2.57. The first kappa shape index (κ1) is 25.0. The van der Waals surface area contributed by atoms with E-state index in [4.69, 9.17) is 10.5 Å². The Hall–Kier alpha value is -1.08. The van der Waals surface area contributed by atoms with Gasteiger partial charge in [-0.2, -0.15) is 0 Å². The van der Waals surface area contributed by atoms with Crippen molar-refractivity contribution < 1.29 is 13.9 Å². The highest BCUT2D eigenvalue weighted by Crippen LogP contribution is 2.49. The van der Waals surface area contributed by atoms with Gasteiger partial charge in [0.15, 0.2) is 0 Å². The molecule has 1 aliphatic heterocycles. The van der Waals surface area contributed by atoms with Crippen molar-refractivity contribution >= 4 is 36.4 Å². The molecular weight excluding hydrogens is 404 g/mol. The van der Waals surface area contributed by atoms with Gasteiger partial charge in [-0.3, -0.25) is 4.79 Å². The number of nitrogens with two attached hydrogens (primary N) is 1. The predicted molar refractivity (Wildman–Crippen MR) is 115 cm³/mol. The molecule has 1 heterocycles. The SMILES string of the molecule is CCOC1CC(N)(C(=O)NCC2CCN(c3ccc(F)cc3)C2)C1(C)C.Cl.Cl. The number of carbonyl (C=O) groups is 1. The van der Waals surface area contributed by atoms with Crippen LogP contribution in [0.2, 0.25) is 0 Å². The summed E-state index contributed by atoms with van der Waals surface area (Å²) in [7, 11) is 0. The van der Waals surface area contributed by atoms with E-state index in [0.29, 0.717) is 25.5 Å². The molecule has 160 valence electrons. The molecule has 3 atom stereocenters. The van der Waals surface area contributed by atoms with E-state index in [1.54, 1.807) is 12.1 Å². The number of nitrogens with one attached hydrogen (secondary N) is 1. The molecule has 1 aromatic rings. The first-order valence-corrected chi connectivity index (χ1v) is 9.47. The van der Waals surface area contributed by atoms with Gasteiger partial charge in [-0.05, 0) is 43.5 Å². The number of nitrogens with zero attached hydrogens (tertiary/aromatic N) is 1. The summed E-state index contributed by atoms with van der Waals surface area (Å²) >= 11 is 0. The zero-order valence-corrected chi connectivity index (χ0v) is 18.4. The number of halogens is 3. The summed E-state index contributed by atoms with van der Waals surface area (Å²) in [4.78, 5) is 14.9. The molecule has 8 heteroatoms. The van der Waals surface area contributed by atoms with E-state index in [0.717, 1.165) is 25.2 Å². The average Bonchev–Trinajstić information content (AvgIpc) is 3.09. The lowest BCUT2D eigenvalue weighted by Crippen LogP contribution is -2.75. The molecule has 1 aliphatic carbocycles. The van der Waals surface area contributed by atoms with Crippen LogP contribution in [0.1, 0.15) is 33.6 Å². The van der Waals surface area contributed by atoms with Crippen LogP contribution in [-0.2, 0) is 9.53 Å². The Kier molecular flexibility index (Phi) is 8.57. The fraction of sp³-hybridized carbons (Fsp3) is 0.650. The Bertz CT molecular complexity index is 659. The first-order valence-electron chi connectivity index (χ1n) is 9.47. The van der Waals surface area contributed by atoms with Gasteiger partial charge in [-0.25, -0.2) is 4.39 Å². The van der Waals surface area contributed by atoms with E-state index >= 15 is 0 Å². The van der Waals surface area contributed by atoms with Crippen molar-refractivity contribution in [3.63, 3.8) is 0 Å². The predicted octanol–water partition coefficient (Wildman–Crippen LogP) is 3.14. The monoisotopic (exact) mass is 435 g/mol. The van der Waals surface area contributed by atoms with Gasteiger partial charge in [0, 0.05) is 43.8 Å². The summed E-state index contributed by atoms with van der Waals surface area (Å²) in [5.41, 5.74) is 6.20. The van der Waals surface area contributed by atoms with Crippen LogP contribution in [0.4, 0.5) is 10.1 Å². The molecule has 0 radical (unpaired) electrons. The zero-order valence-electron chi connectivity index (χ0n) is 16.7. The smallest absolute Gasteiger partial charge is 0.240 e. The van der Waals surface area contributed by atoms with E-state index in [1.807, 2.05) is 20.8 Å². The number of anilines is 1. The fourth-order valence-corrected chi connectivity index (χ4v) is 4.10. The zero-order chi connectivity index (χ0) is 18.9. The Morgan fingerprint density at radius 3 is 2.54 bits per heavy atom. The van der Waals surface area contributed by atoms with Gasteiger partial charge in [0.05, 0.1) is 6.10 Å². The van der Waals surface area contributed by atoms with Crippen LogP contribution in [0, 0.1) is 17.2 Å². The van der Waals surface area contributed by atoms with E-state index < -0.39 is 5.54 Å². The second kappa shape index (κ2) is 9.61. The normalized spacial score (nSPS) is 28.0. The Balaban J connectivity index is 0.00000196. The van der Waals surface area contributed by atoms with Gasteiger partial charge in [-0.15, -0.1) is 24.8 Å². The van der Waals surface area contributed by atoms with Crippen molar-refractivity contribution in [2.45, 2.75) is 45.3 Å². The van der Waals surface area contributed by atoms with Gasteiger partial charge in [0.2, 0.25) is 5.91 Å². The second-order valence-electron chi connectivity index (χ2n) is 8.13.